The number of ether oxygens (including phenoxy) is 3. The van der Waals surface area contributed by atoms with Gasteiger partial charge in [-0.05, 0) is 43.4 Å². The number of piperidine rings is 1. The number of rotatable bonds is 6. The molecule has 4 rings (SSSR count). The number of hydrogen-bond donors (Lipinski definition) is 0. The quantitative estimate of drug-likeness (QED) is 0.659. The Labute approximate surface area is 176 Å². The van der Waals surface area contributed by atoms with Crippen molar-refractivity contribution in [2.24, 2.45) is 5.92 Å². The van der Waals surface area contributed by atoms with Crippen molar-refractivity contribution < 1.29 is 23.8 Å². The zero-order valence-electron chi connectivity index (χ0n) is 17.4. The summed E-state index contributed by atoms with van der Waals surface area (Å²) in [5.41, 5.74) is 1.54. The van der Waals surface area contributed by atoms with Crippen molar-refractivity contribution >= 4 is 11.9 Å². The van der Waals surface area contributed by atoms with Crippen LogP contribution < -0.4 is 9.47 Å². The SMILES string of the molecule is COc1ccc(C(=O)C2CC3CCC(C2)N3C(=O)OCc2ccccc2)c(OC)c1. The Morgan fingerprint density at radius 2 is 1.67 bits per heavy atom. The van der Waals surface area contributed by atoms with E-state index in [-0.39, 0.29) is 36.5 Å². The summed E-state index contributed by atoms with van der Waals surface area (Å²) < 4.78 is 16.2. The lowest BCUT2D eigenvalue weighted by Gasteiger charge is -2.37. The third kappa shape index (κ3) is 3.99. The second-order valence-electron chi connectivity index (χ2n) is 7.93. The smallest absolute Gasteiger partial charge is 0.410 e. The molecule has 2 fully saturated rings. The van der Waals surface area contributed by atoms with E-state index in [4.69, 9.17) is 14.2 Å². The highest BCUT2D eigenvalue weighted by Gasteiger charge is 2.46. The minimum atomic E-state index is -0.278. The zero-order valence-corrected chi connectivity index (χ0v) is 17.4. The van der Waals surface area contributed by atoms with E-state index in [1.165, 1.54) is 0 Å². The van der Waals surface area contributed by atoms with E-state index in [2.05, 4.69) is 0 Å². The maximum atomic E-state index is 13.2. The number of benzene rings is 2. The predicted molar refractivity (Wildman–Crippen MR) is 112 cm³/mol. The van der Waals surface area contributed by atoms with Gasteiger partial charge in [0, 0.05) is 24.1 Å². The molecule has 2 aliphatic rings. The molecule has 2 bridgehead atoms. The summed E-state index contributed by atoms with van der Waals surface area (Å²) in [6.45, 7) is 0.265. The molecule has 0 radical (unpaired) electrons. The van der Waals surface area contributed by atoms with Crippen molar-refractivity contribution in [3.05, 3.63) is 59.7 Å². The van der Waals surface area contributed by atoms with Crippen molar-refractivity contribution in [1.29, 1.82) is 0 Å². The maximum absolute atomic E-state index is 13.2. The first-order chi connectivity index (χ1) is 14.6. The van der Waals surface area contributed by atoms with E-state index >= 15 is 0 Å². The molecule has 30 heavy (non-hydrogen) atoms. The van der Waals surface area contributed by atoms with Crippen LogP contribution in [-0.4, -0.2) is 43.1 Å². The van der Waals surface area contributed by atoms with Crippen molar-refractivity contribution in [1.82, 2.24) is 4.90 Å². The van der Waals surface area contributed by atoms with Gasteiger partial charge in [-0.3, -0.25) is 4.79 Å². The molecule has 0 aliphatic carbocycles. The van der Waals surface area contributed by atoms with Gasteiger partial charge in [0.15, 0.2) is 5.78 Å². The first-order valence-electron chi connectivity index (χ1n) is 10.4. The van der Waals surface area contributed by atoms with Gasteiger partial charge in [-0.15, -0.1) is 0 Å². The minimum absolute atomic E-state index is 0.0465. The van der Waals surface area contributed by atoms with Crippen LogP contribution in [0.1, 0.15) is 41.6 Å². The first-order valence-corrected chi connectivity index (χ1v) is 10.4. The van der Waals surface area contributed by atoms with Gasteiger partial charge in [0.2, 0.25) is 0 Å². The number of carbonyl (C=O) groups excluding carboxylic acids is 2. The molecule has 0 N–H and O–H groups in total. The van der Waals surface area contributed by atoms with Crippen molar-refractivity contribution in [2.45, 2.75) is 44.4 Å². The predicted octanol–water partition coefficient (Wildman–Crippen LogP) is 4.47. The van der Waals surface area contributed by atoms with Gasteiger partial charge in [0.25, 0.3) is 0 Å². The van der Waals surface area contributed by atoms with Crippen LogP contribution in [0.4, 0.5) is 4.79 Å². The normalized spacial score (nSPS) is 22.5. The highest BCUT2D eigenvalue weighted by atomic mass is 16.6. The van der Waals surface area contributed by atoms with E-state index < -0.39 is 0 Å². The lowest BCUT2D eigenvalue weighted by molar-refractivity contribution is 0.0484. The van der Waals surface area contributed by atoms with Crippen LogP contribution in [0.5, 0.6) is 11.5 Å². The molecule has 1 amide bonds. The fourth-order valence-electron chi connectivity index (χ4n) is 4.71. The van der Waals surface area contributed by atoms with Crippen molar-refractivity contribution in [2.75, 3.05) is 14.2 Å². The number of carbonyl (C=O) groups is 2. The monoisotopic (exact) mass is 409 g/mol. The molecule has 0 aromatic heterocycles. The van der Waals surface area contributed by atoms with Crippen LogP contribution in [0.15, 0.2) is 48.5 Å². The van der Waals surface area contributed by atoms with Gasteiger partial charge >= 0.3 is 6.09 Å². The largest absolute Gasteiger partial charge is 0.497 e. The van der Waals surface area contributed by atoms with Crippen molar-refractivity contribution in [3.8, 4) is 11.5 Å². The van der Waals surface area contributed by atoms with Crippen molar-refractivity contribution in [3.63, 3.8) is 0 Å². The van der Waals surface area contributed by atoms with E-state index in [9.17, 15) is 9.59 Å². The highest BCUT2D eigenvalue weighted by Crippen LogP contribution is 2.41. The summed E-state index contributed by atoms with van der Waals surface area (Å²) in [7, 11) is 3.14. The topological polar surface area (TPSA) is 65.1 Å². The Kier molecular flexibility index (Phi) is 5.93. The number of hydrogen-bond acceptors (Lipinski definition) is 5. The molecular weight excluding hydrogens is 382 g/mol. The molecule has 2 atom stereocenters. The number of methoxy groups -OCH3 is 2. The Bertz CT molecular complexity index is 899. The van der Waals surface area contributed by atoms with Crippen LogP contribution in [0.2, 0.25) is 0 Å². The fourth-order valence-corrected chi connectivity index (χ4v) is 4.71. The zero-order chi connectivity index (χ0) is 21.1. The van der Waals surface area contributed by atoms with Crippen LogP contribution in [-0.2, 0) is 11.3 Å². The Balaban J connectivity index is 1.42. The van der Waals surface area contributed by atoms with Gasteiger partial charge < -0.3 is 19.1 Å². The van der Waals surface area contributed by atoms with Crippen LogP contribution in [0, 0.1) is 5.92 Å². The van der Waals surface area contributed by atoms with Gasteiger partial charge in [-0.2, -0.15) is 0 Å². The van der Waals surface area contributed by atoms with Gasteiger partial charge in [0.1, 0.15) is 18.1 Å². The molecule has 2 unspecified atom stereocenters. The average molecular weight is 409 g/mol. The average Bonchev–Trinajstić information content (AvgIpc) is 3.06. The molecule has 2 saturated heterocycles. The highest BCUT2D eigenvalue weighted by molar-refractivity contribution is 6.00. The standard InChI is InChI=1S/C24H27NO5/c1-28-20-10-11-21(22(14-20)29-2)23(26)17-12-18-8-9-19(13-17)25(18)24(27)30-15-16-6-4-3-5-7-16/h3-7,10-11,14,17-19H,8-9,12-13,15H2,1-2H3. The van der Waals surface area contributed by atoms with Gasteiger partial charge in [0.05, 0.1) is 19.8 Å². The summed E-state index contributed by atoms with van der Waals surface area (Å²) in [4.78, 5) is 27.8. The number of Topliss-reactive ketones (excluding diaryl/α,β-unsaturated/α-hetero) is 1. The van der Waals surface area contributed by atoms with Gasteiger partial charge in [-0.1, -0.05) is 30.3 Å². The van der Waals surface area contributed by atoms with Gasteiger partial charge in [-0.25, -0.2) is 4.79 Å². The summed E-state index contributed by atoms with van der Waals surface area (Å²) >= 11 is 0. The third-order valence-electron chi connectivity index (χ3n) is 6.19. The number of fused-ring (bicyclic) bond motifs is 2. The first kappa shape index (κ1) is 20.3. The number of amides is 1. The summed E-state index contributed by atoms with van der Waals surface area (Å²) in [5.74, 6) is 1.13. The van der Waals surface area contributed by atoms with E-state index in [1.54, 1.807) is 32.4 Å². The molecule has 0 spiro atoms. The third-order valence-corrected chi connectivity index (χ3v) is 6.19. The van der Waals surface area contributed by atoms with E-state index in [0.29, 0.717) is 29.9 Å². The van der Waals surface area contributed by atoms with Crippen LogP contribution >= 0.6 is 0 Å². The van der Waals surface area contributed by atoms with E-state index in [1.807, 2.05) is 35.2 Å². The molecule has 6 heteroatoms. The fraction of sp³-hybridized carbons (Fsp3) is 0.417. The molecule has 158 valence electrons. The van der Waals surface area contributed by atoms with Crippen LogP contribution in [0.3, 0.4) is 0 Å². The summed E-state index contributed by atoms with van der Waals surface area (Å²) in [6, 6.07) is 15.0. The Hall–Kier alpha value is -3.02. The molecule has 2 heterocycles. The minimum Gasteiger partial charge on any atom is -0.497 e. The Morgan fingerprint density at radius 3 is 2.30 bits per heavy atom. The Morgan fingerprint density at radius 1 is 0.967 bits per heavy atom. The lowest BCUT2D eigenvalue weighted by Crippen LogP contribution is -2.48. The van der Waals surface area contributed by atoms with E-state index in [0.717, 1.165) is 18.4 Å². The van der Waals surface area contributed by atoms with Crippen LogP contribution in [0.25, 0.3) is 0 Å². The second-order valence-corrected chi connectivity index (χ2v) is 7.93. The molecule has 2 aliphatic heterocycles. The lowest BCUT2D eigenvalue weighted by atomic mass is 9.84. The maximum Gasteiger partial charge on any atom is 0.410 e. The molecule has 0 saturated carbocycles. The summed E-state index contributed by atoms with van der Waals surface area (Å²) in [6.07, 6.45) is 2.86. The molecular formula is C24H27NO5. The molecule has 6 nitrogen and oxygen atoms in total. The number of nitrogens with zero attached hydrogens (tertiary/aromatic N) is 1. The molecule has 2 aromatic carbocycles. The molecule has 2 aromatic rings. The second kappa shape index (κ2) is 8.78. The number of ketones is 1. The summed E-state index contributed by atoms with van der Waals surface area (Å²) in [5, 5.41) is 0.